The average Bonchev–Trinajstić information content (AvgIpc) is 2.19. The Morgan fingerprint density at radius 3 is 2.79 bits per heavy atom. The number of hydrogen-bond acceptors (Lipinski definition) is 2. The number of hydrogen-bond donors (Lipinski definition) is 1. The molecule has 0 aromatic carbocycles. The normalized spacial score (nSPS) is 34.4. The molecule has 14 heavy (non-hydrogen) atoms. The first-order valence-corrected chi connectivity index (χ1v) is 5.75. The van der Waals surface area contributed by atoms with Gasteiger partial charge in [0.05, 0.1) is 0 Å². The summed E-state index contributed by atoms with van der Waals surface area (Å²) >= 11 is 0. The summed E-state index contributed by atoms with van der Waals surface area (Å²) < 4.78 is 0. The maximum Gasteiger partial charge on any atom is 0.0278 e. The van der Waals surface area contributed by atoms with Crippen LogP contribution in [0.4, 0.5) is 0 Å². The van der Waals surface area contributed by atoms with Crippen molar-refractivity contribution in [1.82, 2.24) is 10.2 Å². The van der Waals surface area contributed by atoms with Crippen LogP contribution in [0.1, 0.15) is 33.6 Å². The molecule has 1 heterocycles. The van der Waals surface area contributed by atoms with E-state index in [4.69, 9.17) is 0 Å². The van der Waals surface area contributed by atoms with E-state index in [9.17, 15) is 0 Å². The zero-order chi connectivity index (χ0) is 10.6. The van der Waals surface area contributed by atoms with Gasteiger partial charge in [0.15, 0.2) is 0 Å². The molecule has 0 aliphatic carbocycles. The molecule has 1 fully saturated rings. The van der Waals surface area contributed by atoms with E-state index < -0.39 is 0 Å². The van der Waals surface area contributed by atoms with Gasteiger partial charge in [-0.1, -0.05) is 19.9 Å². The second-order valence-corrected chi connectivity index (χ2v) is 4.58. The molecule has 1 saturated heterocycles. The molecule has 0 spiro atoms. The lowest BCUT2D eigenvalue weighted by Crippen LogP contribution is -2.62. The first kappa shape index (κ1) is 11.7. The van der Waals surface area contributed by atoms with Gasteiger partial charge >= 0.3 is 0 Å². The van der Waals surface area contributed by atoms with Crippen LogP contribution in [0.15, 0.2) is 12.7 Å². The molecule has 0 saturated carbocycles. The third-order valence-electron chi connectivity index (χ3n) is 3.45. The van der Waals surface area contributed by atoms with Crippen LogP contribution in [-0.4, -0.2) is 36.1 Å². The van der Waals surface area contributed by atoms with Gasteiger partial charge in [0, 0.05) is 31.2 Å². The van der Waals surface area contributed by atoms with E-state index in [2.05, 4.69) is 37.6 Å². The summed E-state index contributed by atoms with van der Waals surface area (Å²) in [5.74, 6) is 0. The molecule has 0 aromatic heterocycles. The van der Waals surface area contributed by atoms with Crippen molar-refractivity contribution in [1.29, 1.82) is 0 Å². The van der Waals surface area contributed by atoms with Crippen LogP contribution in [-0.2, 0) is 0 Å². The van der Waals surface area contributed by atoms with Crippen LogP contribution < -0.4 is 5.32 Å². The van der Waals surface area contributed by atoms with E-state index >= 15 is 0 Å². The van der Waals surface area contributed by atoms with Gasteiger partial charge in [-0.25, -0.2) is 0 Å². The van der Waals surface area contributed by atoms with E-state index in [1.165, 1.54) is 12.8 Å². The van der Waals surface area contributed by atoms with Gasteiger partial charge in [-0.05, 0) is 19.8 Å². The molecule has 82 valence electrons. The Hall–Kier alpha value is -0.340. The molecule has 2 atom stereocenters. The highest BCUT2D eigenvalue weighted by molar-refractivity contribution is 4.95. The average molecular weight is 196 g/mol. The maximum absolute atomic E-state index is 3.84. The largest absolute Gasteiger partial charge is 0.309 e. The molecule has 1 rings (SSSR count). The maximum atomic E-state index is 3.84. The highest BCUT2D eigenvalue weighted by Gasteiger charge is 2.32. The van der Waals surface area contributed by atoms with E-state index in [-0.39, 0.29) is 0 Å². The van der Waals surface area contributed by atoms with E-state index in [0.717, 1.165) is 19.6 Å². The lowest BCUT2D eigenvalue weighted by molar-refractivity contribution is 0.0934. The van der Waals surface area contributed by atoms with Crippen LogP contribution in [0.2, 0.25) is 0 Å². The SMILES string of the molecule is C=CCN1CC(C)(CC)NCC1CC. The summed E-state index contributed by atoms with van der Waals surface area (Å²) in [7, 11) is 0. The van der Waals surface area contributed by atoms with Crippen LogP contribution in [0.3, 0.4) is 0 Å². The second-order valence-electron chi connectivity index (χ2n) is 4.58. The fourth-order valence-corrected chi connectivity index (χ4v) is 2.15. The molecular formula is C12H24N2. The van der Waals surface area contributed by atoms with Gasteiger partial charge in [0.1, 0.15) is 0 Å². The zero-order valence-corrected chi connectivity index (χ0v) is 9.84. The van der Waals surface area contributed by atoms with Gasteiger partial charge < -0.3 is 5.32 Å². The fraction of sp³-hybridized carbons (Fsp3) is 0.833. The van der Waals surface area contributed by atoms with Gasteiger partial charge in [-0.15, -0.1) is 6.58 Å². The minimum absolute atomic E-state index is 0.300. The van der Waals surface area contributed by atoms with Gasteiger partial charge in [-0.2, -0.15) is 0 Å². The molecule has 0 bridgehead atoms. The van der Waals surface area contributed by atoms with Crippen LogP contribution >= 0.6 is 0 Å². The van der Waals surface area contributed by atoms with Crippen LogP contribution in [0, 0.1) is 0 Å². The van der Waals surface area contributed by atoms with Crippen molar-refractivity contribution in [2.75, 3.05) is 19.6 Å². The summed E-state index contributed by atoms with van der Waals surface area (Å²) in [6.45, 7) is 14.0. The summed E-state index contributed by atoms with van der Waals surface area (Å²) in [4.78, 5) is 2.55. The number of nitrogens with one attached hydrogen (secondary N) is 1. The Labute approximate surface area is 88.4 Å². The summed E-state index contributed by atoms with van der Waals surface area (Å²) in [6.07, 6.45) is 4.43. The zero-order valence-electron chi connectivity index (χ0n) is 9.84. The molecule has 2 unspecified atom stereocenters. The van der Waals surface area contributed by atoms with Gasteiger partial charge in [0.25, 0.3) is 0 Å². The molecule has 2 heteroatoms. The monoisotopic (exact) mass is 196 g/mol. The van der Waals surface area contributed by atoms with E-state index in [1.54, 1.807) is 0 Å². The first-order chi connectivity index (χ1) is 6.65. The van der Waals surface area contributed by atoms with Gasteiger partial charge in [-0.3, -0.25) is 4.90 Å². The van der Waals surface area contributed by atoms with Crippen molar-refractivity contribution in [2.24, 2.45) is 0 Å². The van der Waals surface area contributed by atoms with Crippen molar-refractivity contribution < 1.29 is 0 Å². The van der Waals surface area contributed by atoms with Crippen molar-refractivity contribution >= 4 is 0 Å². The quantitative estimate of drug-likeness (QED) is 0.692. The predicted molar refractivity (Wildman–Crippen MR) is 62.5 cm³/mol. The summed E-state index contributed by atoms with van der Waals surface area (Å²) in [6, 6.07) is 0.688. The summed E-state index contributed by atoms with van der Waals surface area (Å²) in [5.41, 5.74) is 0.300. The molecule has 0 amide bonds. The Balaban J connectivity index is 2.61. The minimum Gasteiger partial charge on any atom is -0.309 e. The number of piperazine rings is 1. The molecular weight excluding hydrogens is 172 g/mol. The Bertz CT molecular complexity index is 191. The highest BCUT2D eigenvalue weighted by Crippen LogP contribution is 2.19. The van der Waals surface area contributed by atoms with Crippen molar-refractivity contribution in [3.8, 4) is 0 Å². The van der Waals surface area contributed by atoms with Crippen LogP contribution in [0.5, 0.6) is 0 Å². The molecule has 0 aromatic rings. The van der Waals surface area contributed by atoms with Crippen LogP contribution in [0.25, 0.3) is 0 Å². The molecule has 1 aliphatic heterocycles. The lowest BCUT2D eigenvalue weighted by atomic mass is 9.93. The Morgan fingerprint density at radius 1 is 1.57 bits per heavy atom. The topological polar surface area (TPSA) is 15.3 Å². The summed E-state index contributed by atoms with van der Waals surface area (Å²) in [5, 5.41) is 3.66. The number of rotatable bonds is 4. The van der Waals surface area contributed by atoms with Crippen molar-refractivity contribution in [3.05, 3.63) is 12.7 Å². The molecule has 2 nitrogen and oxygen atoms in total. The molecule has 1 N–H and O–H groups in total. The van der Waals surface area contributed by atoms with Gasteiger partial charge in [0.2, 0.25) is 0 Å². The lowest BCUT2D eigenvalue weighted by Gasteiger charge is -2.45. The first-order valence-electron chi connectivity index (χ1n) is 5.75. The highest BCUT2D eigenvalue weighted by atomic mass is 15.2. The smallest absolute Gasteiger partial charge is 0.0278 e. The Kier molecular flexibility index (Phi) is 4.14. The van der Waals surface area contributed by atoms with E-state index in [1.807, 2.05) is 6.08 Å². The third kappa shape index (κ3) is 2.58. The van der Waals surface area contributed by atoms with Crippen molar-refractivity contribution in [2.45, 2.75) is 45.2 Å². The van der Waals surface area contributed by atoms with Crippen molar-refractivity contribution in [3.63, 3.8) is 0 Å². The second kappa shape index (κ2) is 4.94. The number of nitrogens with zero attached hydrogens (tertiary/aromatic N) is 1. The fourth-order valence-electron chi connectivity index (χ4n) is 2.15. The standard InChI is InChI=1S/C12H24N2/c1-5-8-14-10-12(4,7-3)13-9-11(14)6-2/h5,11,13H,1,6-10H2,2-4H3. The Morgan fingerprint density at radius 2 is 2.29 bits per heavy atom. The predicted octanol–water partition coefficient (Wildman–Crippen LogP) is 2.02. The molecule has 1 aliphatic rings. The molecule has 0 radical (unpaired) electrons. The van der Waals surface area contributed by atoms with E-state index in [0.29, 0.717) is 11.6 Å². The minimum atomic E-state index is 0.300. The third-order valence-corrected chi connectivity index (χ3v) is 3.45.